The van der Waals surface area contributed by atoms with Gasteiger partial charge in [-0.05, 0) is 42.3 Å². The first kappa shape index (κ1) is 13.9. The Balaban J connectivity index is 2.08. The van der Waals surface area contributed by atoms with E-state index < -0.39 is 0 Å². The first-order valence-corrected chi connectivity index (χ1v) is 6.96. The molecule has 2 aromatic rings. The molecule has 0 heterocycles. The lowest BCUT2D eigenvalue weighted by Gasteiger charge is -2.08. The highest BCUT2D eigenvalue weighted by Crippen LogP contribution is 2.22. The Bertz CT molecular complexity index is 647. The minimum Gasteiger partial charge on any atom is -0.381 e. The van der Waals surface area contributed by atoms with Crippen molar-refractivity contribution in [2.45, 2.75) is 13.5 Å². The van der Waals surface area contributed by atoms with Gasteiger partial charge in [0.25, 0.3) is 0 Å². The van der Waals surface area contributed by atoms with E-state index in [9.17, 15) is 0 Å². The molecule has 0 aromatic heterocycles. The number of rotatable bonds is 3. The van der Waals surface area contributed by atoms with Gasteiger partial charge in [0, 0.05) is 16.7 Å². The summed E-state index contributed by atoms with van der Waals surface area (Å²) in [5, 5.41) is 12.6. The zero-order chi connectivity index (χ0) is 13.8. The number of benzene rings is 2. The van der Waals surface area contributed by atoms with Gasteiger partial charge in [-0.3, -0.25) is 0 Å². The highest BCUT2D eigenvalue weighted by atomic mass is 79.9. The molecule has 0 amide bonds. The molecule has 0 fully saturated rings. The molecule has 0 unspecified atom stereocenters. The monoisotopic (exact) mass is 334 g/mol. The zero-order valence-corrected chi connectivity index (χ0v) is 12.7. The Labute approximate surface area is 126 Å². The number of anilines is 1. The summed E-state index contributed by atoms with van der Waals surface area (Å²) in [4.78, 5) is 0. The quantitative estimate of drug-likeness (QED) is 0.866. The molecule has 0 atom stereocenters. The number of hydrogen-bond acceptors (Lipinski definition) is 2. The van der Waals surface area contributed by atoms with Crippen molar-refractivity contribution in [3.63, 3.8) is 0 Å². The van der Waals surface area contributed by atoms with Crippen molar-refractivity contribution in [1.82, 2.24) is 0 Å². The Morgan fingerprint density at radius 1 is 1.26 bits per heavy atom. The maximum Gasteiger partial charge on any atom is 0.101 e. The van der Waals surface area contributed by atoms with Crippen molar-refractivity contribution >= 4 is 33.2 Å². The van der Waals surface area contributed by atoms with Gasteiger partial charge in [0.2, 0.25) is 0 Å². The van der Waals surface area contributed by atoms with E-state index in [2.05, 4.69) is 46.4 Å². The lowest BCUT2D eigenvalue weighted by molar-refractivity contribution is 1.14. The Kier molecular flexibility index (Phi) is 4.47. The molecule has 0 aliphatic carbocycles. The molecule has 0 bridgehead atoms. The van der Waals surface area contributed by atoms with E-state index in [1.807, 2.05) is 12.1 Å². The van der Waals surface area contributed by atoms with Gasteiger partial charge in [-0.25, -0.2) is 0 Å². The number of nitrogens with one attached hydrogen (secondary N) is 1. The molecular formula is C15H12BrClN2. The largest absolute Gasteiger partial charge is 0.381 e. The maximum atomic E-state index is 8.81. The summed E-state index contributed by atoms with van der Waals surface area (Å²) < 4.78 is 1.10. The van der Waals surface area contributed by atoms with Gasteiger partial charge < -0.3 is 5.32 Å². The third kappa shape index (κ3) is 3.50. The van der Waals surface area contributed by atoms with Gasteiger partial charge in [-0.1, -0.05) is 39.7 Å². The van der Waals surface area contributed by atoms with Crippen LogP contribution in [0.2, 0.25) is 5.02 Å². The van der Waals surface area contributed by atoms with Gasteiger partial charge in [-0.15, -0.1) is 0 Å². The fourth-order valence-corrected chi connectivity index (χ4v) is 2.32. The summed E-state index contributed by atoms with van der Waals surface area (Å²) in [7, 11) is 0. The number of nitriles is 1. The summed E-state index contributed by atoms with van der Waals surface area (Å²) in [5.41, 5.74) is 3.79. The van der Waals surface area contributed by atoms with Crippen molar-refractivity contribution in [3.8, 4) is 6.07 Å². The average molecular weight is 336 g/mol. The summed E-state index contributed by atoms with van der Waals surface area (Å²) in [6.45, 7) is 2.77. The Morgan fingerprint density at radius 2 is 2.05 bits per heavy atom. The molecule has 2 aromatic carbocycles. The van der Waals surface area contributed by atoms with Crippen LogP contribution in [0.3, 0.4) is 0 Å². The van der Waals surface area contributed by atoms with Crippen LogP contribution in [0.4, 0.5) is 5.69 Å². The summed E-state index contributed by atoms with van der Waals surface area (Å²) in [5.74, 6) is 0. The van der Waals surface area contributed by atoms with Crippen LogP contribution in [0.15, 0.2) is 40.9 Å². The van der Waals surface area contributed by atoms with Gasteiger partial charge in [0.05, 0.1) is 10.6 Å². The van der Waals surface area contributed by atoms with E-state index in [1.165, 1.54) is 11.1 Å². The van der Waals surface area contributed by atoms with Gasteiger partial charge in [0.15, 0.2) is 0 Å². The zero-order valence-electron chi connectivity index (χ0n) is 10.4. The fourth-order valence-electron chi connectivity index (χ4n) is 1.67. The topological polar surface area (TPSA) is 35.8 Å². The molecule has 0 saturated carbocycles. The van der Waals surface area contributed by atoms with E-state index in [0.717, 1.165) is 10.2 Å². The second-order valence-corrected chi connectivity index (χ2v) is 5.51. The smallest absolute Gasteiger partial charge is 0.101 e. The van der Waals surface area contributed by atoms with Crippen molar-refractivity contribution in [1.29, 1.82) is 5.26 Å². The van der Waals surface area contributed by atoms with E-state index in [0.29, 0.717) is 17.1 Å². The Morgan fingerprint density at radius 3 is 2.68 bits per heavy atom. The number of halogens is 2. The second kappa shape index (κ2) is 6.10. The molecule has 96 valence electrons. The standard InChI is InChI=1S/C15H12BrClN2/c1-10-2-3-11(6-14(10)16)9-19-13-5-4-12(8-18)15(17)7-13/h2-7,19H,9H2,1H3. The van der Waals surface area contributed by atoms with Crippen LogP contribution in [0.1, 0.15) is 16.7 Å². The van der Waals surface area contributed by atoms with Crippen molar-refractivity contribution < 1.29 is 0 Å². The lowest BCUT2D eigenvalue weighted by Crippen LogP contribution is -1.99. The molecule has 2 rings (SSSR count). The molecule has 0 spiro atoms. The lowest BCUT2D eigenvalue weighted by atomic mass is 10.1. The highest BCUT2D eigenvalue weighted by molar-refractivity contribution is 9.10. The van der Waals surface area contributed by atoms with Crippen molar-refractivity contribution in [2.24, 2.45) is 0 Å². The first-order valence-electron chi connectivity index (χ1n) is 5.78. The third-order valence-electron chi connectivity index (χ3n) is 2.82. The molecule has 2 nitrogen and oxygen atoms in total. The summed E-state index contributed by atoms with van der Waals surface area (Å²) in [6, 6.07) is 13.6. The van der Waals surface area contributed by atoms with Gasteiger partial charge in [-0.2, -0.15) is 5.26 Å². The molecule has 0 radical (unpaired) electrons. The summed E-state index contributed by atoms with van der Waals surface area (Å²) >= 11 is 9.51. The third-order valence-corrected chi connectivity index (χ3v) is 3.99. The number of hydrogen-bond donors (Lipinski definition) is 1. The van der Waals surface area contributed by atoms with Crippen molar-refractivity contribution in [3.05, 3.63) is 62.6 Å². The van der Waals surface area contributed by atoms with Crippen LogP contribution in [-0.2, 0) is 6.54 Å². The van der Waals surface area contributed by atoms with Crippen LogP contribution in [0.5, 0.6) is 0 Å². The van der Waals surface area contributed by atoms with Gasteiger partial charge >= 0.3 is 0 Å². The summed E-state index contributed by atoms with van der Waals surface area (Å²) in [6.07, 6.45) is 0. The maximum absolute atomic E-state index is 8.81. The molecule has 4 heteroatoms. The molecule has 0 saturated heterocycles. The number of aryl methyl sites for hydroxylation is 1. The predicted molar refractivity (Wildman–Crippen MR) is 82.4 cm³/mol. The average Bonchev–Trinajstić information content (AvgIpc) is 2.40. The Hall–Kier alpha value is -1.50. The minimum absolute atomic E-state index is 0.470. The van der Waals surface area contributed by atoms with Crippen LogP contribution in [-0.4, -0.2) is 0 Å². The number of nitrogens with zero attached hydrogens (tertiary/aromatic N) is 1. The SMILES string of the molecule is Cc1ccc(CNc2ccc(C#N)c(Cl)c2)cc1Br. The molecular weight excluding hydrogens is 324 g/mol. The molecule has 1 N–H and O–H groups in total. The second-order valence-electron chi connectivity index (χ2n) is 4.24. The molecule has 19 heavy (non-hydrogen) atoms. The van der Waals surface area contributed by atoms with Crippen LogP contribution >= 0.6 is 27.5 Å². The van der Waals surface area contributed by atoms with Crippen LogP contribution < -0.4 is 5.32 Å². The first-order chi connectivity index (χ1) is 9.10. The minimum atomic E-state index is 0.470. The van der Waals surface area contributed by atoms with E-state index in [-0.39, 0.29) is 0 Å². The van der Waals surface area contributed by atoms with Crippen molar-refractivity contribution in [2.75, 3.05) is 5.32 Å². The van der Waals surface area contributed by atoms with Crippen LogP contribution in [0.25, 0.3) is 0 Å². The van der Waals surface area contributed by atoms with Crippen LogP contribution in [0, 0.1) is 18.3 Å². The van der Waals surface area contributed by atoms with E-state index in [4.69, 9.17) is 16.9 Å². The normalized spacial score (nSPS) is 10.0. The predicted octanol–water partition coefficient (Wildman–Crippen LogP) is 4.89. The molecule has 0 aliphatic rings. The van der Waals surface area contributed by atoms with E-state index in [1.54, 1.807) is 12.1 Å². The fraction of sp³-hybridized carbons (Fsp3) is 0.133. The van der Waals surface area contributed by atoms with Gasteiger partial charge in [0.1, 0.15) is 6.07 Å². The highest BCUT2D eigenvalue weighted by Gasteiger charge is 2.02. The molecule has 0 aliphatic heterocycles. The van der Waals surface area contributed by atoms with E-state index >= 15 is 0 Å².